The summed E-state index contributed by atoms with van der Waals surface area (Å²) in [5, 5.41) is 23.2. The first-order valence-electron chi connectivity index (χ1n) is 12.1. The van der Waals surface area contributed by atoms with Crippen LogP contribution in [-0.4, -0.2) is 58.3 Å². The number of nitrogens with one attached hydrogen (secondary N) is 1. The molecule has 2 heterocycles. The Morgan fingerprint density at radius 1 is 1.24 bits per heavy atom. The fourth-order valence-electron chi connectivity index (χ4n) is 4.53. The molecule has 0 aromatic carbocycles. The van der Waals surface area contributed by atoms with Crippen LogP contribution in [0.5, 0.6) is 0 Å². The predicted molar refractivity (Wildman–Crippen MR) is 134 cm³/mol. The fraction of sp³-hybridized carbons (Fsp3) is 0.680. The van der Waals surface area contributed by atoms with E-state index in [2.05, 4.69) is 22.1 Å². The number of aromatic nitrogens is 1. The molecule has 0 spiro atoms. The highest BCUT2D eigenvalue weighted by Gasteiger charge is 2.37. The van der Waals surface area contributed by atoms with Crippen LogP contribution >= 0.6 is 21.6 Å². The zero-order chi connectivity index (χ0) is 23.3. The zero-order valence-electron chi connectivity index (χ0n) is 19.2. The number of rotatable bonds is 9. The number of hydrogen-bond acceptors (Lipinski definition) is 7. The van der Waals surface area contributed by atoms with Crippen molar-refractivity contribution in [2.45, 2.75) is 81.1 Å². The molecule has 1 aliphatic heterocycles. The van der Waals surface area contributed by atoms with Gasteiger partial charge in [0.2, 0.25) is 5.91 Å². The summed E-state index contributed by atoms with van der Waals surface area (Å²) < 4.78 is 6.08. The maximum absolute atomic E-state index is 12.0. The Hall–Kier alpha value is -1.24. The highest BCUT2D eigenvalue weighted by Crippen LogP contribution is 2.35. The molecule has 0 radical (unpaired) electrons. The fourth-order valence-corrected chi connectivity index (χ4v) is 6.40. The lowest BCUT2D eigenvalue weighted by atomic mass is 9.82. The lowest BCUT2D eigenvalue weighted by Crippen LogP contribution is -2.24. The maximum Gasteiger partial charge on any atom is 0.221 e. The van der Waals surface area contributed by atoms with Gasteiger partial charge in [-0.1, -0.05) is 41.5 Å². The molecule has 182 valence electrons. The molecule has 3 N–H and O–H groups in total. The third kappa shape index (κ3) is 9.50. The standard InChI is InChI=1S/C25H36N2O4S2/c28-16-12-22-21(29)18-23(31-22)20-8-2-1-6-19(10-11-20)7-5-15-26-24(30)13-17-32-33-25-9-3-4-14-27-25/h3-4,9,14,19-23,28-29H,1-2,6,8,10-13,15-18H2,(H,26,30). The van der Waals surface area contributed by atoms with E-state index in [9.17, 15) is 9.90 Å². The first-order valence-corrected chi connectivity index (χ1v) is 14.4. The summed E-state index contributed by atoms with van der Waals surface area (Å²) in [5.41, 5.74) is 0. The van der Waals surface area contributed by atoms with E-state index in [-0.39, 0.29) is 24.7 Å². The quantitative estimate of drug-likeness (QED) is 0.274. The maximum atomic E-state index is 12.0. The van der Waals surface area contributed by atoms with Crippen molar-refractivity contribution in [3.63, 3.8) is 0 Å². The number of carbonyl (C=O) groups excluding carboxylic acids is 1. The molecule has 1 aromatic heterocycles. The molecule has 3 rings (SSSR count). The van der Waals surface area contributed by atoms with Gasteiger partial charge in [0.25, 0.3) is 0 Å². The number of carbonyl (C=O) groups is 1. The second kappa shape index (κ2) is 14.9. The van der Waals surface area contributed by atoms with Gasteiger partial charge >= 0.3 is 0 Å². The molecule has 8 heteroatoms. The number of hydrogen-bond donors (Lipinski definition) is 3. The minimum absolute atomic E-state index is 0.0329. The van der Waals surface area contributed by atoms with Crippen LogP contribution in [0.25, 0.3) is 0 Å². The van der Waals surface area contributed by atoms with Gasteiger partial charge in [-0.25, -0.2) is 4.98 Å². The van der Waals surface area contributed by atoms with E-state index in [0.717, 1.165) is 49.3 Å². The average molecular weight is 493 g/mol. The number of nitrogens with zero attached hydrogens (tertiary/aromatic N) is 1. The number of aliphatic hydroxyl groups is 2. The molecule has 6 nitrogen and oxygen atoms in total. The van der Waals surface area contributed by atoms with E-state index in [4.69, 9.17) is 9.84 Å². The van der Waals surface area contributed by atoms with Gasteiger partial charge < -0.3 is 20.3 Å². The summed E-state index contributed by atoms with van der Waals surface area (Å²) in [6.45, 7) is 0.452. The van der Waals surface area contributed by atoms with E-state index in [1.165, 1.54) is 0 Å². The molecule has 33 heavy (non-hydrogen) atoms. The molecule has 5 atom stereocenters. The predicted octanol–water partition coefficient (Wildman–Crippen LogP) is 3.82. The van der Waals surface area contributed by atoms with Crippen molar-refractivity contribution in [3.8, 4) is 11.8 Å². The molecule has 1 aromatic rings. The summed E-state index contributed by atoms with van der Waals surface area (Å²) in [6.07, 6.45) is 9.49. The van der Waals surface area contributed by atoms with E-state index in [0.29, 0.717) is 37.6 Å². The molecule has 2 fully saturated rings. The Morgan fingerprint density at radius 3 is 2.94 bits per heavy atom. The summed E-state index contributed by atoms with van der Waals surface area (Å²) in [4.78, 5) is 16.3. The van der Waals surface area contributed by atoms with Crippen LogP contribution in [0.2, 0.25) is 0 Å². The molecule has 5 unspecified atom stereocenters. The highest BCUT2D eigenvalue weighted by molar-refractivity contribution is 8.76. The van der Waals surface area contributed by atoms with Crippen LogP contribution in [0.1, 0.15) is 57.8 Å². The monoisotopic (exact) mass is 492 g/mol. The first-order chi connectivity index (χ1) is 16.2. The van der Waals surface area contributed by atoms with Crippen molar-refractivity contribution in [3.05, 3.63) is 24.4 Å². The van der Waals surface area contributed by atoms with Crippen molar-refractivity contribution in [1.82, 2.24) is 10.3 Å². The van der Waals surface area contributed by atoms with Crippen LogP contribution in [0, 0.1) is 23.7 Å². The molecule has 1 saturated heterocycles. The topological polar surface area (TPSA) is 91.7 Å². The Bertz CT molecular complexity index is 771. The molecule has 2 aliphatic rings. The van der Waals surface area contributed by atoms with Gasteiger partial charge in [-0.05, 0) is 60.9 Å². The van der Waals surface area contributed by atoms with E-state index < -0.39 is 6.10 Å². The Labute approximate surface area is 205 Å². The first kappa shape index (κ1) is 26.4. The van der Waals surface area contributed by atoms with Gasteiger partial charge in [-0.15, -0.1) is 0 Å². The summed E-state index contributed by atoms with van der Waals surface area (Å²) >= 11 is 0. The van der Waals surface area contributed by atoms with Gasteiger partial charge in [-0.3, -0.25) is 4.79 Å². The van der Waals surface area contributed by atoms with Gasteiger partial charge in [0.15, 0.2) is 0 Å². The van der Waals surface area contributed by atoms with E-state index in [1.807, 2.05) is 18.2 Å². The number of amides is 1. The lowest BCUT2D eigenvalue weighted by molar-refractivity contribution is -0.120. The van der Waals surface area contributed by atoms with Gasteiger partial charge in [-0.2, -0.15) is 0 Å². The summed E-state index contributed by atoms with van der Waals surface area (Å²) in [6, 6.07) is 5.81. The number of aliphatic hydroxyl groups excluding tert-OH is 2. The van der Waals surface area contributed by atoms with Crippen molar-refractivity contribution >= 4 is 27.5 Å². The molecular formula is C25H36N2O4S2. The Kier molecular flexibility index (Phi) is 11.9. The molecule has 1 saturated carbocycles. The van der Waals surface area contributed by atoms with Crippen molar-refractivity contribution in [2.75, 3.05) is 18.9 Å². The van der Waals surface area contributed by atoms with Crippen molar-refractivity contribution in [2.24, 2.45) is 11.8 Å². The van der Waals surface area contributed by atoms with Crippen LogP contribution in [-0.2, 0) is 9.53 Å². The second-order valence-electron chi connectivity index (χ2n) is 8.77. The van der Waals surface area contributed by atoms with Gasteiger partial charge in [0.1, 0.15) is 5.03 Å². The van der Waals surface area contributed by atoms with Gasteiger partial charge in [0.05, 0.1) is 24.9 Å². The molecular weight excluding hydrogens is 456 g/mol. The Morgan fingerprint density at radius 2 is 2.12 bits per heavy atom. The smallest absolute Gasteiger partial charge is 0.221 e. The number of pyridine rings is 1. The second-order valence-corrected chi connectivity index (χ2v) is 11.2. The van der Waals surface area contributed by atoms with Crippen LogP contribution in [0.3, 0.4) is 0 Å². The van der Waals surface area contributed by atoms with Crippen LogP contribution in [0.15, 0.2) is 29.4 Å². The highest BCUT2D eigenvalue weighted by atomic mass is 33.1. The SMILES string of the molecule is O=C(CCSSc1ccccn1)NCC#CC1CCCCC(C2CC(O)C(CCO)O2)CC1. The van der Waals surface area contributed by atoms with Gasteiger partial charge in [0, 0.05) is 37.3 Å². The van der Waals surface area contributed by atoms with Crippen LogP contribution < -0.4 is 5.32 Å². The minimum Gasteiger partial charge on any atom is -0.396 e. The van der Waals surface area contributed by atoms with Crippen molar-refractivity contribution < 1.29 is 19.7 Å². The minimum atomic E-state index is -0.459. The van der Waals surface area contributed by atoms with Crippen molar-refractivity contribution in [1.29, 1.82) is 0 Å². The summed E-state index contributed by atoms with van der Waals surface area (Å²) in [5.74, 6) is 8.12. The lowest BCUT2D eigenvalue weighted by Gasteiger charge is -2.27. The largest absolute Gasteiger partial charge is 0.396 e. The molecule has 1 aliphatic carbocycles. The average Bonchev–Trinajstić information content (AvgIpc) is 3.16. The third-order valence-corrected chi connectivity index (χ3v) is 8.60. The van der Waals surface area contributed by atoms with E-state index in [1.54, 1.807) is 27.8 Å². The zero-order valence-corrected chi connectivity index (χ0v) is 20.8. The summed E-state index contributed by atoms with van der Waals surface area (Å²) in [7, 11) is 3.22. The number of ether oxygens (including phenoxy) is 1. The normalized spacial score (nSPS) is 27.8. The molecule has 1 amide bonds. The van der Waals surface area contributed by atoms with E-state index >= 15 is 0 Å². The Balaban J connectivity index is 1.32. The van der Waals surface area contributed by atoms with Crippen LogP contribution in [0.4, 0.5) is 0 Å². The third-order valence-electron chi connectivity index (χ3n) is 6.33. The molecule has 0 bridgehead atoms.